The van der Waals surface area contributed by atoms with E-state index in [1.54, 1.807) is 13.8 Å². The number of esters is 1. The zero-order chi connectivity index (χ0) is 21.9. The van der Waals surface area contributed by atoms with Crippen LogP contribution in [-0.4, -0.2) is 84.1 Å². The molecule has 3 fully saturated rings. The second kappa shape index (κ2) is 5.66. The van der Waals surface area contributed by atoms with Crippen molar-refractivity contribution in [2.45, 2.75) is 75.8 Å². The maximum Gasteiger partial charge on any atom is 0.338 e. The Hall–Kier alpha value is -1.36. The van der Waals surface area contributed by atoms with Gasteiger partial charge in [-0.2, -0.15) is 0 Å². The lowest BCUT2D eigenvalue weighted by Crippen LogP contribution is -2.88. The van der Waals surface area contributed by atoms with Gasteiger partial charge in [0.15, 0.2) is 11.9 Å². The van der Waals surface area contributed by atoms with Crippen LogP contribution in [0.3, 0.4) is 0 Å². The normalized spacial score (nSPS) is 59.4. The zero-order valence-electron chi connectivity index (χ0n) is 16.7. The van der Waals surface area contributed by atoms with Crippen molar-refractivity contribution in [2.75, 3.05) is 0 Å². The summed E-state index contributed by atoms with van der Waals surface area (Å²) in [5.74, 6) is -3.41. The van der Waals surface area contributed by atoms with E-state index < -0.39 is 76.1 Å². The van der Waals surface area contributed by atoms with Crippen LogP contribution in [0.1, 0.15) is 34.1 Å². The van der Waals surface area contributed by atoms with E-state index >= 15 is 0 Å². The van der Waals surface area contributed by atoms with Gasteiger partial charge >= 0.3 is 5.97 Å². The molecule has 162 valence electrons. The molecule has 3 aliphatic carbocycles. The molecule has 4 aliphatic rings. The van der Waals surface area contributed by atoms with Crippen molar-refractivity contribution in [3.8, 4) is 0 Å². The van der Waals surface area contributed by atoms with Crippen molar-refractivity contribution in [1.82, 2.24) is 0 Å². The predicted molar refractivity (Wildman–Crippen MR) is 96.1 cm³/mol. The Balaban J connectivity index is 2.04. The van der Waals surface area contributed by atoms with Gasteiger partial charge in [0.2, 0.25) is 0 Å². The lowest BCUT2D eigenvalue weighted by Gasteiger charge is -2.73. The standard InChI is InChI=1S/C20H28O9/c1-7-5-9(21)13(23)17(2)8(7)6-10-18(3)12(17)11(22)14(24)19(4,27)20(18,28)15(25)16(26)29-10/h5,8,10-15,22-25,27-28H,6H2,1-4H3. The SMILES string of the molecule is CC1=CC(=O)C(O)C2(C)C1CC1OC(=O)C(O)C3(O)C(C)(O)C(O)C(O)C2C13C. The molecule has 0 spiro atoms. The summed E-state index contributed by atoms with van der Waals surface area (Å²) in [4.78, 5) is 24.9. The van der Waals surface area contributed by atoms with Gasteiger partial charge in [-0.3, -0.25) is 4.79 Å². The van der Waals surface area contributed by atoms with Crippen LogP contribution >= 0.6 is 0 Å². The lowest BCUT2D eigenvalue weighted by molar-refractivity contribution is -0.392. The fourth-order valence-electron chi connectivity index (χ4n) is 7.13. The van der Waals surface area contributed by atoms with Crippen LogP contribution in [0.25, 0.3) is 0 Å². The average Bonchev–Trinajstić information content (AvgIpc) is 2.63. The molecule has 11 atom stereocenters. The van der Waals surface area contributed by atoms with Crippen molar-refractivity contribution in [3.05, 3.63) is 11.6 Å². The van der Waals surface area contributed by atoms with Crippen LogP contribution < -0.4 is 0 Å². The summed E-state index contributed by atoms with van der Waals surface area (Å²) in [5.41, 5.74) is -7.49. The molecule has 1 heterocycles. The van der Waals surface area contributed by atoms with E-state index in [4.69, 9.17) is 4.74 Å². The number of aliphatic hydroxyl groups is 6. The minimum Gasteiger partial charge on any atom is -0.460 e. The molecule has 6 N–H and O–H groups in total. The highest BCUT2D eigenvalue weighted by atomic mass is 16.6. The van der Waals surface area contributed by atoms with Crippen LogP contribution in [0, 0.1) is 22.7 Å². The van der Waals surface area contributed by atoms with E-state index in [2.05, 4.69) is 0 Å². The van der Waals surface area contributed by atoms with Gasteiger partial charge in [-0.1, -0.05) is 19.4 Å². The molecule has 29 heavy (non-hydrogen) atoms. The monoisotopic (exact) mass is 412 g/mol. The van der Waals surface area contributed by atoms with E-state index in [9.17, 15) is 40.2 Å². The second-order valence-electron chi connectivity index (χ2n) is 9.79. The third-order valence-electron chi connectivity index (χ3n) is 8.68. The van der Waals surface area contributed by atoms with Crippen molar-refractivity contribution in [3.63, 3.8) is 0 Å². The number of rotatable bonds is 0. The number of hydrogen-bond donors (Lipinski definition) is 6. The maximum absolute atomic E-state index is 12.5. The van der Waals surface area contributed by atoms with Crippen LogP contribution in [0.15, 0.2) is 11.6 Å². The molecule has 0 bridgehead atoms. The van der Waals surface area contributed by atoms with E-state index in [0.717, 1.165) is 6.92 Å². The van der Waals surface area contributed by atoms with Crippen LogP contribution in [0.5, 0.6) is 0 Å². The smallest absolute Gasteiger partial charge is 0.338 e. The molecule has 1 saturated heterocycles. The Morgan fingerprint density at radius 2 is 1.62 bits per heavy atom. The number of fused-ring (bicyclic) bond motifs is 2. The number of aliphatic hydroxyl groups excluding tert-OH is 4. The number of allylic oxidation sites excluding steroid dienone is 1. The fraction of sp³-hybridized carbons (Fsp3) is 0.800. The molecule has 9 heteroatoms. The summed E-state index contributed by atoms with van der Waals surface area (Å²) in [6.45, 7) is 5.78. The first-order valence-electron chi connectivity index (χ1n) is 9.78. The van der Waals surface area contributed by atoms with Crippen molar-refractivity contribution in [2.24, 2.45) is 22.7 Å². The van der Waals surface area contributed by atoms with E-state index in [1.807, 2.05) is 0 Å². The largest absolute Gasteiger partial charge is 0.460 e. The predicted octanol–water partition coefficient (Wildman–Crippen LogP) is -1.97. The summed E-state index contributed by atoms with van der Waals surface area (Å²) < 4.78 is 5.44. The highest BCUT2D eigenvalue weighted by Crippen LogP contribution is 2.70. The maximum atomic E-state index is 12.5. The van der Waals surface area contributed by atoms with E-state index in [0.29, 0.717) is 5.57 Å². The number of ether oxygens (including phenoxy) is 1. The Kier molecular flexibility index (Phi) is 4.08. The molecule has 1 aliphatic heterocycles. The molecule has 9 nitrogen and oxygen atoms in total. The van der Waals surface area contributed by atoms with Gasteiger partial charge in [-0.25, -0.2) is 4.79 Å². The Bertz CT molecular complexity index is 821. The van der Waals surface area contributed by atoms with Crippen LogP contribution in [0.2, 0.25) is 0 Å². The zero-order valence-corrected chi connectivity index (χ0v) is 16.7. The molecule has 0 amide bonds. The Morgan fingerprint density at radius 3 is 2.21 bits per heavy atom. The van der Waals surface area contributed by atoms with Gasteiger partial charge < -0.3 is 35.4 Å². The van der Waals surface area contributed by atoms with Crippen LogP contribution in [-0.2, 0) is 14.3 Å². The Morgan fingerprint density at radius 1 is 1.03 bits per heavy atom. The molecule has 4 rings (SSSR count). The molecule has 2 saturated carbocycles. The van der Waals surface area contributed by atoms with Gasteiger partial charge in [-0.05, 0) is 32.3 Å². The van der Waals surface area contributed by atoms with Crippen LogP contribution in [0.4, 0.5) is 0 Å². The third kappa shape index (κ3) is 1.97. The molecular weight excluding hydrogens is 384 g/mol. The molecule has 0 aromatic rings. The topological polar surface area (TPSA) is 165 Å². The van der Waals surface area contributed by atoms with E-state index in [1.165, 1.54) is 13.0 Å². The van der Waals surface area contributed by atoms with Crippen molar-refractivity contribution < 1.29 is 45.0 Å². The quantitative estimate of drug-likeness (QED) is 0.248. The summed E-state index contributed by atoms with van der Waals surface area (Å²) in [6.07, 6.45) is -7.01. The molecule has 0 aromatic heterocycles. The van der Waals surface area contributed by atoms with Gasteiger partial charge in [0.25, 0.3) is 0 Å². The first kappa shape index (κ1) is 20.9. The summed E-state index contributed by atoms with van der Waals surface area (Å²) in [7, 11) is 0. The number of ketones is 1. The van der Waals surface area contributed by atoms with Gasteiger partial charge in [0.1, 0.15) is 29.5 Å². The molecule has 0 aromatic carbocycles. The third-order valence-corrected chi connectivity index (χ3v) is 8.68. The van der Waals surface area contributed by atoms with E-state index in [-0.39, 0.29) is 6.42 Å². The highest BCUT2D eigenvalue weighted by molar-refractivity contribution is 5.96. The lowest BCUT2D eigenvalue weighted by atomic mass is 9.36. The van der Waals surface area contributed by atoms with Gasteiger partial charge in [-0.15, -0.1) is 0 Å². The molecular formula is C20H28O9. The first-order chi connectivity index (χ1) is 13.2. The number of carbonyl (C=O) groups excluding carboxylic acids is 2. The summed E-state index contributed by atoms with van der Waals surface area (Å²) >= 11 is 0. The van der Waals surface area contributed by atoms with Crippen molar-refractivity contribution >= 4 is 11.8 Å². The average molecular weight is 412 g/mol. The number of hydrogen-bond acceptors (Lipinski definition) is 9. The van der Waals surface area contributed by atoms with Gasteiger partial charge in [0, 0.05) is 16.7 Å². The first-order valence-corrected chi connectivity index (χ1v) is 9.78. The fourth-order valence-corrected chi connectivity index (χ4v) is 7.13. The molecule has 11 unspecified atom stereocenters. The Labute approximate surface area is 167 Å². The van der Waals surface area contributed by atoms with Gasteiger partial charge in [0.05, 0.1) is 6.10 Å². The van der Waals surface area contributed by atoms with Crippen molar-refractivity contribution in [1.29, 1.82) is 0 Å². The molecule has 0 radical (unpaired) electrons. The summed E-state index contributed by atoms with van der Waals surface area (Å²) in [5, 5.41) is 66.1. The summed E-state index contributed by atoms with van der Waals surface area (Å²) in [6, 6.07) is 0. The number of carbonyl (C=O) groups is 2. The highest BCUT2D eigenvalue weighted by Gasteiger charge is 2.83. The second-order valence-corrected chi connectivity index (χ2v) is 9.79. The minimum absolute atomic E-state index is 0.107. The minimum atomic E-state index is -2.60.